The number of carbonyl (C=O) groups is 4. The first-order valence-electron chi connectivity index (χ1n) is 19.3. The number of piperidine rings is 1. The van der Waals surface area contributed by atoms with Gasteiger partial charge in [-0.3, -0.25) is 48.5 Å². The molecule has 0 radical (unpaired) electrons. The number of rotatable bonds is 7. The second kappa shape index (κ2) is 15.1. The van der Waals surface area contributed by atoms with Gasteiger partial charge in [-0.15, -0.1) is 21.5 Å². The number of piperazine rings is 1. The molecule has 58 heavy (non-hydrogen) atoms. The first-order chi connectivity index (χ1) is 28.0. The van der Waals surface area contributed by atoms with Crippen molar-refractivity contribution in [3.63, 3.8) is 0 Å². The van der Waals surface area contributed by atoms with Crippen molar-refractivity contribution in [3.05, 3.63) is 110 Å². The largest absolute Gasteiger partial charge is 0.368 e. The quantitative estimate of drug-likeness (QED) is 0.182. The number of aromatic nitrogens is 5. The normalized spacial score (nSPS) is 19.3. The van der Waals surface area contributed by atoms with Crippen LogP contribution >= 0.6 is 22.9 Å². The molecular weight excluding hydrogens is 776 g/mol. The monoisotopic (exact) mass is 814 g/mol. The lowest BCUT2D eigenvalue weighted by atomic mass is 9.99. The lowest BCUT2D eigenvalue weighted by molar-refractivity contribution is -0.136. The Hall–Kier alpha value is -5.95. The van der Waals surface area contributed by atoms with Crippen molar-refractivity contribution in [2.24, 2.45) is 4.99 Å². The fourth-order valence-corrected chi connectivity index (χ4v) is 9.55. The van der Waals surface area contributed by atoms with E-state index in [2.05, 4.69) is 53.7 Å². The average Bonchev–Trinajstić information content (AvgIpc) is 3.96. The first-order valence-corrected chi connectivity index (χ1v) is 20.5. The second-order valence-corrected chi connectivity index (χ2v) is 16.3. The molecule has 14 nitrogen and oxygen atoms in total. The number of aliphatic imine (C=N–C) groups is 1. The third-order valence-corrected chi connectivity index (χ3v) is 12.7. The number of anilines is 1. The number of nitrogens with one attached hydrogen (secondary N) is 1. The lowest BCUT2D eigenvalue weighted by Gasteiger charge is -2.36. The molecule has 0 saturated carbocycles. The summed E-state index contributed by atoms with van der Waals surface area (Å²) in [5, 5.41) is 17.4. The zero-order valence-electron chi connectivity index (χ0n) is 32.2. The van der Waals surface area contributed by atoms with Gasteiger partial charge in [-0.2, -0.15) is 5.10 Å². The fourth-order valence-electron chi connectivity index (χ4n) is 8.21. The van der Waals surface area contributed by atoms with E-state index in [1.165, 1.54) is 0 Å². The summed E-state index contributed by atoms with van der Waals surface area (Å²) in [5.74, 6) is 6.38. The Morgan fingerprint density at radius 1 is 0.931 bits per heavy atom. The minimum Gasteiger partial charge on any atom is -0.368 e. The highest BCUT2D eigenvalue weighted by Gasteiger charge is 2.46. The highest BCUT2D eigenvalue weighted by Crippen LogP contribution is 2.39. The lowest BCUT2D eigenvalue weighted by Crippen LogP contribution is -2.54. The number of benzene rings is 2. The number of fused-ring (bicyclic) bond motifs is 4. The van der Waals surface area contributed by atoms with Gasteiger partial charge >= 0.3 is 0 Å². The summed E-state index contributed by atoms with van der Waals surface area (Å²) in [4.78, 5) is 62.8. The Morgan fingerprint density at radius 2 is 1.72 bits per heavy atom. The predicted octanol–water partition coefficient (Wildman–Crippen LogP) is 4.72. The number of hydrogen-bond acceptors (Lipinski definition) is 11. The summed E-state index contributed by atoms with van der Waals surface area (Å²) in [6.45, 7) is 10.7. The molecule has 4 amide bonds. The van der Waals surface area contributed by atoms with Crippen molar-refractivity contribution < 1.29 is 19.2 Å². The first kappa shape index (κ1) is 37.6. The molecule has 5 aromatic rings. The molecule has 7 heterocycles. The van der Waals surface area contributed by atoms with Crippen LogP contribution in [0, 0.1) is 25.7 Å². The number of amides is 4. The van der Waals surface area contributed by atoms with Gasteiger partial charge in [0.1, 0.15) is 22.9 Å². The van der Waals surface area contributed by atoms with E-state index in [-0.39, 0.29) is 18.9 Å². The van der Waals surface area contributed by atoms with Crippen molar-refractivity contribution in [1.29, 1.82) is 0 Å². The van der Waals surface area contributed by atoms with Crippen LogP contribution in [0.15, 0.2) is 59.9 Å². The van der Waals surface area contributed by atoms with Crippen LogP contribution in [0.3, 0.4) is 0 Å². The van der Waals surface area contributed by atoms with Crippen LogP contribution in [0.2, 0.25) is 5.02 Å². The SMILES string of the molecule is Cc1c(C#Cc2cnn(CCCN3CCN(c4cccc5c4C(=O)N(C4CCC(=O)NC4=O)C5=O)CC3)c2)sc2c1C(c1ccc(Cl)cc1)=N[C@@H](C)c1nnc(C)n1-2. The van der Waals surface area contributed by atoms with E-state index in [0.29, 0.717) is 34.9 Å². The van der Waals surface area contributed by atoms with Gasteiger partial charge in [0.15, 0.2) is 5.82 Å². The van der Waals surface area contributed by atoms with Crippen LogP contribution in [-0.2, 0) is 16.1 Å². The highest BCUT2D eigenvalue weighted by molar-refractivity contribution is 7.15. The maximum Gasteiger partial charge on any atom is 0.264 e. The molecular formula is C42H39ClN10O4S. The Morgan fingerprint density at radius 3 is 2.50 bits per heavy atom. The Labute approximate surface area is 343 Å². The molecule has 16 heteroatoms. The third kappa shape index (κ3) is 6.70. The standard InChI is InChI=1S/C42H39ClN10O4S/c1-24-33(58-42-35(24)37(28-9-11-29(43)12-10-28)45-25(2)38-48-47-26(3)52(38)42)14-8-27-22-44-51(23-27)17-5-16-49-18-20-50(21-19-49)31-7-4-6-30-36(31)41(57)53(40(30)56)32-13-15-34(54)46-39(32)55/h4,6-7,9-12,22-23,25,32H,5,13,15-21H2,1-3H3,(H,46,54,55)/t25-,32?/m0/s1. The Kier molecular flexibility index (Phi) is 9.79. The van der Waals surface area contributed by atoms with Gasteiger partial charge in [-0.1, -0.05) is 41.6 Å². The zero-order valence-corrected chi connectivity index (χ0v) is 33.7. The smallest absolute Gasteiger partial charge is 0.264 e. The number of nitrogens with zero attached hydrogens (tertiary/aromatic N) is 9. The molecule has 1 unspecified atom stereocenters. The predicted molar refractivity (Wildman–Crippen MR) is 219 cm³/mol. The molecule has 2 saturated heterocycles. The second-order valence-electron chi connectivity index (χ2n) is 14.9. The van der Waals surface area contributed by atoms with Crippen molar-refractivity contribution in [3.8, 4) is 16.8 Å². The summed E-state index contributed by atoms with van der Waals surface area (Å²) in [6.07, 6.45) is 4.89. The van der Waals surface area contributed by atoms with Gasteiger partial charge < -0.3 is 4.90 Å². The Bertz CT molecular complexity index is 2610. The molecule has 0 spiro atoms. The van der Waals surface area contributed by atoms with Gasteiger partial charge in [0.05, 0.1) is 39.2 Å². The van der Waals surface area contributed by atoms with E-state index in [0.717, 1.165) is 87.0 Å². The maximum absolute atomic E-state index is 13.6. The number of thiophene rings is 1. The summed E-state index contributed by atoms with van der Waals surface area (Å²) >= 11 is 7.85. The minimum atomic E-state index is -0.989. The van der Waals surface area contributed by atoms with Gasteiger partial charge in [0.25, 0.3) is 11.8 Å². The van der Waals surface area contributed by atoms with Gasteiger partial charge in [-0.25, -0.2) is 0 Å². The van der Waals surface area contributed by atoms with E-state index < -0.39 is 29.7 Å². The molecule has 2 fully saturated rings. The summed E-state index contributed by atoms with van der Waals surface area (Å²) in [5.41, 5.74) is 6.09. The van der Waals surface area contributed by atoms with E-state index in [9.17, 15) is 19.2 Å². The van der Waals surface area contributed by atoms with Crippen LogP contribution in [-0.4, -0.2) is 102 Å². The fraction of sp³-hybridized carbons (Fsp3) is 0.333. The van der Waals surface area contributed by atoms with Crippen LogP contribution < -0.4 is 10.2 Å². The summed E-state index contributed by atoms with van der Waals surface area (Å²) < 4.78 is 4.03. The van der Waals surface area contributed by atoms with E-state index in [4.69, 9.17) is 16.6 Å². The average molecular weight is 815 g/mol. The Balaban J connectivity index is 0.834. The molecule has 2 aromatic carbocycles. The summed E-state index contributed by atoms with van der Waals surface area (Å²) in [6, 6.07) is 11.9. The molecule has 2 atom stereocenters. The van der Waals surface area contributed by atoms with Crippen molar-refractivity contribution in [2.75, 3.05) is 37.6 Å². The molecule has 294 valence electrons. The minimum absolute atomic E-state index is 0.0847. The molecule has 0 bridgehead atoms. The molecule has 1 N–H and O–H groups in total. The molecule has 4 aliphatic rings. The molecule has 0 aliphatic carbocycles. The van der Waals surface area contributed by atoms with Gasteiger partial charge in [0, 0.05) is 68.0 Å². The number of aryl methyl sites for hydroxylation is 2. The number of carbonyl (C=O) groups excluding carboxylic acids is 4. The molecule has 9 rings (SSSR count). The zero-order chi connectivity index (χ0) is 40.2. The van der Waals surface area contributed by atoms with Crippen molar-refractivity contribution in [2.45, 2.75) is 58.7 Å². The topological polar surface area (TPSA) is 151 Å². The number of hydrogen-bond donors (Lipinski definition) is 1. The van der Waals surface area contributed by atoms with E-state index >= 15 is 0 Å². The van der Waals surface area contributed by atoms with Crippen LogP contribution in [0.5, 0.6) is 0 Å². The molecule has 4 aliphatic heterocycles. The maximum atomic E-state index is 13.6. The number of imide groups is 2. The van der Waals surface area contributed by atoms with Crippen LogP contribution in [0.4, 0.5) is 5.69 Å². The third-order valence-electron chi connectivity index (χ3n) is 11.2. The van der Waals surface area contributed by atoms with E-state index in [1.54, 1.807) is 29.7 Å². The van der Waals surface area contributed by atoms with E-state index in [1.807, 2.05) is 55.1 Å². The summed E-state index contributed by atoms with van der Waals surface area (Å²) in [7, 11) is 0. The van der Waals surface area contributed by atoms with Crippen LogP contribution in [0.25, 0.3) is 5.00 Å². The van der Waals surface area contributed by atoms with Crippen molar-refractivity contribution in [1.82, 2.24) is 39.7 Å². The van der Waals surface area contributed by atoms with Crippen LogP contribution in [0.1, 0.15) is 91.7 Å². The van der Waals surface area contributed by atoms with Gasteiger partial charge in [0.2, 0.25) is 11.8 Å². The van der Waals surface area contributed by atoms with Crippen molar-refractivity contribution >= 4 is 58.0 Å². The van der Waals surface area contributed by atoms with Gasteiger partial charge in [-0.05, 0) is 63.4 Å². The number of halogens is 1. The molecule has 3 aromatic heterocycles. The highest BCUT2D eigenvalue weighted by atomic mass is 35.5.